The molecule has 1 saturated carbocycles. The molecule has 0 N–H and O–H groups in total. The van der Waals surface area contributed by atoms with Gasteiger partial charge in [0.25, 0.3) is 10.1 Å². The zero-order valence-electron chi connectivity index (χ0n) is 15.4. The topological polar surface area (TPSA) is 52.6 Å². The van der Waals surface area contributed by atoms with Crippen molar-refractivity contribution in [2.75, 3.05) is 13.7 Å². The lowest BCUT2D eigenvalue weighted by molar-refractivity contribution is 0.204. The van der Waals surface area contributed by atoms with Crippen LogP contribution in [-0.4, -0.2) is 22.1 Å². The fraction of sp³-hybridized carbons (Fsp3) is 0.429. The standard InChI is InChI=1S/C21H26O4S/c1-16-3-13-21(14-4-16)26(22,23)25-15-17-5-7-18(8-6-17)19-9-11-20(24-2)12-10-19/h3-4,9-14,17-18H,5-8,15H2,1-2H3. The minimum atomic E-state index is -3.66. The Labute approximate surface area is 156 Å². The zero-order chi connectivity index (χ0) is 18.6. The molecule has 1 fully saturated rings. The maximum Gasteiger partial charge on any atom is 0.296 e. The molecule has 0 amide bonds. The lowest BCUT2D eigenvalue weighted by Gasteiger charge is -2.28. The van der Waals surface area contributed by atoms with Gasteiger partial charge < -0.3 is 4.74 Å². The van der Waals surface area contributed by atoms with Crippen LogP contribution < -0.4 is 4.74 Å². The second kappa shape index (κ2) is 8.23. The molecule has 0 atom stereocenters. The summed E-state index contributed by atoms with van der Waals surface area (Å²) in [6.45, 7) is 2.20. The highest BCUT2D eigenvalue weighted by Crippen LogP contribution is 2.36. The molecular weight excluding hydrogens is 348 g/mol. The van der Waals surface area contributed by atoms with Crippen LogP contribution in [0.15, 0.2) is 53.4 Å². The van der Waals surface area contributed by atoms with Gasteiger partial charge in [-0.15, -0.1) is 0 Å². The molecule has 0 saturated heterocycles. The number of hydrogen-bond acceptors (Lipinski definition) is 4. The lowest BCUT2D eigenvalue weighted by Crippen LogP contribution is -2.20. The molecule has 5 heteroatoms. The van der Waals surface area contributed by atoms with Crippen molar-refractivity contribution in [1.29, 1.82) is 0 Å². The molecular formula is C21H26O4S. The highest BCUT2D eigenvalue weighted by atomic mass is 32.2. The highest BCUT2D eigenvalue weighted by Gasteiger charge is 2.25. The van der Waals surface area contributed by atoms with Crippen LogP contribution in [0, 0.1) is 12.8 Å². The molecule has 0 radical (unpaired) electrons. The van der Waals surface area contributed by atoms with Gasteiger partial charge in [-0.3, -0.25) is 4.18 Å². The van der Waals surface area contributed by atoms with Crippen LogP contribution >= 0.6 is 0 Å². The van der Waals surface area contributed by atoms with Gasteiger partial charge in [-0.1, -0.05) is 29.8 Å². The summed E-state index contributed by atoms with van der Waals surface area (Å²) in [5.41, 5.74) is 2.36. The van der Waals surface area contributed by atoms with E-state index >= 15 is 0 Å². The van der Waals surface area contributed by atoms with Crippen LogP contribution in [0.5, 0.6) is 5.75 Å². The number of ether oxygens (including phenoxy) is 1. The largest absolute Gasteiger partial charge is 0.497 e. The molecule has 4 nitrogen and oxygen atoms in total. The van der Waals surface area contributed by atoms with Crippen molar-refractivity contribution in [3.8, 4) is 5.75 Å². The number of aryl methyl sites for hydroxylation is 1. The SMILES string of the molecule is COc1ccc(C2CCC(COS(=O)(=O)c3ccc(C)cc3)CC2)cc1. The second-order valence-corrected chi connectivity index (χ2v) is 8.66. The third-order valence-electron chi connectivity index (χ3n) is 5.20. The van der Waals surface area contributed by atoms with E-state index in [1.165, 1.54) is 5.56 Å². The summed E-state index contributed by atoms with van der Waals surface area (Å²) in [5.74, 6) is 1.70. The molecule has 2 aromatic carbocycles. The Morgan fingerprint density at radius 3 is 2.12 bits per heavy atom. The Bertz CT molecular complexity index is 802. The predicted octanol–water partition coefficient (Wildman–Crippen LogP) is 4.68. The first-order valence-electron chi connectivity index (χ1n) is 9.08. The average Bonchev–Trinajstić information content (AvgIpc) is 2.67. The first-order chi connectivity index (χ1) is 12.5. The molecule has 3 rings (SSSR count). The minimum absolute atomic E-state index is 0.231. The molecule has 0 aromatic heterocycles. The molecule has 0 bridgehead atoms. The van der Waals surface area contributed by atoms with Gasteiger partial charge in [0.1, 0.15) is 5.75 Å². The molecule has 0 spiro atoms. The van der Waals surface area contributed by atoms with E-state index < -0.39 is 10.1 Å². The van der Waals surface area contributed by atoms with Gasteiger partial charge in [0.05, 0.1) is 18.6 Å². The molecule has 140 valence electrons. The first kappa shape index (κ1) is 18.9. The van der Waals surface area contributed by atoms with Crippen molar-refractivity contribution in [2.45, 2.75) is 43.4 Å². The van der Waals surface area contributed by atoms with E-state index in [2.05, 4.69) is 12.1 Å². The number of benzene rings is 2. The van der Waals surface area contributed by atoms with Crippen molar-refractivity contribution in [1.82, 2.24) is 0 Å². The van der Waals surface area contributed by atoms with Gasteiger partial charge in [-0.2, -0.15) is 8.42 Å². The molecule has 26 heavy (non-hydrogen) atoms. The van der Waals surface area contributed by atoms with Crippen molar-refractivity contribution in [3.63, 3.8) is 0 Å². The van der Waals surface area contributed by atoms with Crippen LogP contribution in [0.4, 0.5) is 0 Å². The van der Waals surface area contributed by atoms with E-state index in [0.717, 1.165) is 37.0 Å². The number of hydrogen-bond donors (Lipinski definition) is 0. The van der Waals surface area contributed by atoms with Gasteiger partial charge >= 0.3 is 0 Å². The normalized spacial score (nSPS) is 20.7. The summed E-state index contributed by atoms with van der Waals surface area (Å²) >= 11 is 0. The highest BCUT2D eigenvalue weighted by molar-refractivity contribution is 7.86. The van der Waals surface area contributed by atoms with Crippen LogP contribution in [0.3, 0.4) is 0 Å². The van der Waals surface area contributed by atoms with E-state index in [1.807, 2.05) is 19.1 Å². The van der Waals surface area contributed by atoms with Crippen LogP contribution in [-0.2, 0) is 14.3 Å². The van der Waals surface area contributed by atoms with Gasteiger partial charge in [-0.05, 0) is 74.3 Å². The maximum atomic E-state index is 12.3. The second-order valence-electron chi connectivity index (χ2n) is 7.04. The van der Waals surface area contributed by atoms with Crippen molar-refractivity contribution in [3.05, 3.63) is 59.7 Å². The first-order valence-corrected chi connectivity index (χ1v) is 10.5. The third-order valence-corrected chi connectivity index (χ3v) is 6.50. The quantitative estimate of drug-likeness (QED) is 0.689. The van der Waals surface area contributed by atoms with Crippen LogP contribution in [0.1, 0.15) is 42.7 Å². The molecule has 2 aromatic rings. The predicted molar refractivity (Wildman–Crippen MR) is 102 cm³/mol. The minimum Gasteiger partial charge on any atom is -0.497 e. The van der Waals surface area contributed by atoms with Crippen LogP contribution in [0.2, 0.25) is 0 Å². The molecule has 0 heterocycles. The molecule has 1 aliphatic carbocycles. The van der Waals surface area contributed by atoms with Crippen molar-refractivity contribution in [2.24, 2.45) is 5.92 Å². The Morgan fingerprint density at radius 2 is 1.54 bits per heavy atom. The summed E-state index contributed by atoms with van der Waals surface area (Å²) in [6.07, 6.45) is 4.09. The van der Waals surface area contributed by atoms with Gasteiger partial charge in [0, 0.05) is 0 Å². The Balaban J connectivity index is 1.51. The molecule has 0 aliphatic heterocycles. The Kier molecular flexibility index (Phi) is 5.99. The Morgan fingerprint density at radius 1 is 0.923 bits per heavy atom. The molecule has 1 aliphatic rings. The summed E-state index contributed by atoms with van der Waals surface area (Å²) < 4.78 is 35.1. The Hall–Kier alpha value is -1.85. The number of rotatable bonds is 6. The van der Waals surface area contributed by atoms with Crippen LogP contribution in [0.25, 0.3) is 0 Å². The van der Waals surface area contributed by atoms with E-state index in [4.69, 9.17) is 8.92 Å². The summed E-state index contributed by atoms with van der Waals surface area (Å²) in [4.78, 5) is 0.231. The summed E-state index contributed by atoms with van der Waals surface area (Å²) in [5, 5.41) is 0. The summed E-state index contributed by atoms with van der Waals surface area (Å²) in [6, 6.07) is 15.0. The van der Waals surface area contributed by atoms with Gasteiger partial charge in [0.15, 0.2) is 0 Å². The van der Waals surface area contributed by atoms with E-state index in [0.29, 0.717) is 11.8 Å². The lowest BCUT2D eigenvalue weighted by atomic mass is 9.79. The third kappa shape index (κ3) is 4.65. The van der Waals surface area contributed by atoms with E-state index in [9.17, 15) is 8.42 Å². The zero-order valence-corrected chi connectivity index (χ0v) is 16.2. The van der Waals surface area contributed by atoms with E-state index in [-0.39, 0.29) is 11.5 Å². The fourth-order valence-electron chi connectivity index (χ4n) is 3.50. The molecule has 0 unspecified atom stereocenters. The fourth-order valence-corrected chi connectivity index (χ4v) is 4.47. The van der Waals surface area contributed by atoms with Crippen molar-refractivity contribution < 1.29 is 17.3 Å². The maximum absolute atomic E-state index is 12.3. The smallest absolute Gasteiger partial charge is 0.296 e. The average molecular weight is 375 g/mol. The summed E-state index contributed by atoms with van der Waals surface area (Å²) in [7, 11) is -1.99. The van der Waals surface area contributed by atoms with Gasteiger partial charge in [-0.25, -0.2) is 0 Å². The number of methoxy groups -OCH3 is 1. The van der Waals surface area contributed by atoms with Crippen molar-refractivity contribution >= 4 is 10.1 Å². The monoisotopic (exact) mass is 374 g/mol. The van der Waals surface area contributed by atoms with E-state index in [1.54, 1.807) is 31.4 Å². The van der Waals surface area contributed by atoms with Gasteiger partial charge in [0.2, 0.25) is 0 Å².